The van der Waals surface area contributed by atoms with Crippen molar-refractivity contribution in [2.24, 2.45) is 0 Å². The van der Waals surface area contributed by atoms with Crippen LogP contribution in [0.25, 0.3) is 11.0 Å². The Bertz CT molecular complexity index is 1200. The van der Waals surface area contributed by atoms with E-state index in [2.05, 4.69) is 30.6 Å². The minimum absolute atomic E-state index is 0.198. The molecule has 0 aliphatic heterocycles. The molecule has 0 amide bonds. The van der Waals surface area contributed by atoms with E-state index in [-0.39, 0.29) is 12.1 Å². The van der Waals surface area contributed by atoms with Crippen molar-refractivity contribution in [2.75, 3.05) is 10.6 Å². The third-order valence-corrected chi connectivity index (χ3v) is 5.48. The number of nitrogens with one attached hydrogen (secondary N) is 2. The third-order valence-electron chi connectivity index (χ3n) is 5.48. The van der Waals surface area contributed by atoms with Gasteiger partial charge < -0.3 is 20.5 Å². The average Bonchev–Trinajstić information content (AvgIpc) is 2.82. The first-order chi connectivity index (χ1) is 15.7. The van der Waals surface area contributed by atoms with Crippen molar-refractivity contribution < 1.29 is 9.84 Å². The van der Waals surface area contributed by atoms with Gasteiger partial charge in [0.25, 0.3) is 0 Å². The van der Waals surface area contributed by atoms with Crippen LogP contribution in [0.4, 0.5) is 17.5 Å². The van der Waals surface area contributed by atoms with Crippen molar-refractivity contribution in [3.63, 3.8) is 0 Å². The molecule has 2 aromatic heterocycles. The van der Waals surface area contributed by atoms with Crippen molar-refractivity contribution in [1.82, 2.24) is 19.9 Å². The van der Waals surface area contributed by atoms with Gasteiger partial charge in [-0.3, -0.25) is 0 Å². The van der Waals surface area contributed by atoms with Gasteiger partial charge in [0, 0.05) is 17.8 Å². The number of rotatable bonds is 6. The topological polar surface area (TPSA) is 105 Å². The number of aliphatic hydroxyl groups excluding tert-OH is 1. The second kappa shape index (κ2) is 9.15. The first-order valence-electron chi connectivity index (χ1n) is 10.8. The molecule has 1 saturated carbocycles. The van der Waals surface area contributed by atoms with Gasteiger partial charge in [-0.05, 0) is 49.9 Å². The molecule has 2 heterocycles. The van der Waals surface area contributed by atoms with Crippen LogP contribution in [0.15, 0.2) is 67.1 Å². The Balaban J connectivity index is 1.36. The molecule has 0 spiro atoms. The maximum Gasteiger partial charge on any atom is 0.223 e. The predicted octanol–water partition coefficient (Wildman–Crippen LogP) is 4.67. The van der Waals surface area contributed by atoms with E-state index < -0.39 is 0 Å². The molecule has 0 atom stereocenters. The molecule has 0 radical (unpaired) electrons. The fourth-order valence-electron chi connectivity index (χ4n) is 3.82. The Morgan fingerprint density at radius 2 is 1.69 bits per heavy atom. The fraction of sp³-hybridized carbons (Fsp3) is 0.250. The molecule has 4 aromatic rings. The lowest BCUT2D eigenvalue weighted by molar-refractivity contribution is 0.126. The van der Waals surface area contributed by atoms with E-state index in [9.17, 15) is 5.11 Å². The third kappa shape index (κ3) is 4.76. The smallest absolute Gasteiger partial charge is 0.223 e. The molecule has 3 N–H and O–H groups in total. The summed E-state index contributed by atoms with van der Waals surface area (Å²) in [6, 6.07) is 17.6. The summed E-state index contributed by atoms with van der Waals surface area (Å²) in [5, 5.41) is 16.4. The van der Waals surface area contributed by atoms with Gasteiger partial charge in [-0.2, -0.15) is 0 Å². The molecule has 0 saturated heterocycles. The summed E-state index contributed by atoms with van der Waals surface area (Å²) >= 11 is 0. The lowest BCUT2D eigenvalue weighted by atomic mass is 9.93. The van der Waals surface area contributed by atoms with Crippen LogP contribution >= 0.6 is 0 Å². The van der Waals surface area contributed by atoms with Crippen molar-refractivity contribution in [3.8, 4) is 11.5 Å². The molecule has 8 nitrogen and oxygen atoms in total. The first-order valence-corrected chi connectivity index (χ1v) is 10.8. The summed E-state index contributed by atoms with van der Waals surface area (Å²) in [4.78, 5) is 17.8. The molecule has 32 heavy (non-hydrogen) atoms. The monoisotopic (exact) mass is 428 g/mol. The van der Waals surface area contributed by atoms with Crippen LogP contribution in [0.3, 0.4) is 0 Å². The summed E-state index contributed by atoms with van der Waals surface area (Å²) in [6.45, 7) is 0. The number of ether oxygens (including phenoxy) is 1. The second-order valence-electron chi connectivity index (χ2n) is 7.87. The Morgan fingerprint density at radius 1 is 0.875 bits per heavy atom. The largest absolute Gasteiger partial charge is 0.457 e. The Hall–Kier alpha value is -3.78. The number of aromatic nitrogens is 4. The number of benzene rings is 2. The van der Waals surface area contributed by atoms with Crippen LogP contribution in [0.5, 0.6) is 11.5 Å². The van der Waals surface area contributed by atoms with E-state index in [0.717, 1.165) is 42.9 Å². The summed E-state index contributed by atoms with van der Waals surface area (Å²) < 4.78 is 5.93. The predicted molar refractivity (Wildman–Crippen MR) is 123 cm³/mol. The maximum atomic E-state index is 9.72. The maximum absolute atomic E-state index is 9.72. The van der Waals surface area contributed by atoms with E-state index in [1.54, 1.807) is 6.20 Å². The Labute approximate surface area is 185 Å². The number of aliphatic hydroxyl groups is 1. The number of fused-ring (bicyclic) bond motifs is 1. The molecule has 0 bridgehead atoms. The first kappa shape index (κ1) is 20.1. The standard InChI is InChI=1S/C24H24N6O2/c31-18-11-9-16(10-12-18)29-24-25-14-21-22(30-24)23(27-15-26-21)28-17-5-4-8-20(13-17)32-19-6-2-1-3-7-19/h1-8,13-16,18,31H,9-12H2,(H,25,29,30)(H,26,27,28). The number of para-hydroxylation sites is 1. The van der Waals surface area contributed by atoms with Crippen molar-refractivity contribution >= 4 is 28.5 Å². The van der Waals surface area contributed by atoms with Crippen LogP contribution in [0.2, 0.25) is 0 Å². The summed E-state index contributed by atoms with van der Waals surface area (Å²) in [5.41, 5.74) is 2.12. The highest BCUT2D eigenvalue weighted by atomic mass is 16.5. The van der Waals surface area contributed by atoms with Gasteiger partial charge in [0.1, 0.15) is 28.9 Å². The summed E-state index contributed by atoms with van der Waals surface area (Å²) in [6.07, 6.45) is 6.38. The van der Waals surface area contributed by atoms with Crippen molar-refractivity contribution in [1.29, 1.82) is 0 Å². The average molecular weight is 428 g/mol. The molecule has 1 fully saturated rings. The number of hydrogen-bond acceptors (Lipinski definition) is 8. The van der Waals surface area contributed by atoms with E-state index in [1.165, 1.54) is 6.33 Å². The molecule has 0 unspecified atom stereocenters. The van der Waals surface area contributed by atoms with E-state index >= 15 is 0 Å². The fourth-order valence-corrected chi connectivity index (χ4v) is 3.82. The van der Waals surface area contributed by atoms with Gasteiger partial charge in [0.2, 0.25) is 5.95 Å². The molecular formula is C24H24N6O2. The van der Waals surface area contributed by atoms with Gasteiger partial charge in [-0.15, -0.1) is 0 Å². The van der Waals surface area contributed by atoms with Gasteiger partial charge in [-0.25, -0.2) is 19.9 Å². The Morgan fingerprint density at radius 3 is 2.53 bits per heavy atom. The van der Waals surface area contributed by atoms with Crippen LogP contribution in [0.1, 0.15) is 25.7 Å². The molecule has 2 aromatic carbocycles. The van der Waals surface area contributed by atoms with Crippen LogP contribution in [0, 0.1) is 0 Å². The van der Waals surface area contributed by atoms with E-state index in [0.29, 0.717) is 22.8 Å². The molecule has 162 valence electrons. The minimum atomic E-state index is -0.198. The SMILES string of the molecule is OC1CCC(Nc2ncc3ncnc(Nc4cccc(Oc5ccccc5)c4)c3n2)CC1. The molecule has 5 rings (SSSR count). The zero-order chi connectivity index (χ0) is 21.8. The van der Waals surface area contributed by atoms with Crippen LogP contribution < -0.4 is 15.4 Å². The second-order valence-corrected chi connectivity index (χ2v) is 7.87. The van der Waals surface area contributed by atoms with Gasteiger partial charge in [-0.1, -0.05) is 24.3 Å². The number of hydrogen-bond donors (Lipinski definition) is 3. The zero-order valence-electron chi connectivity index (χ0n) is 17.5. The summed E-state index contributed by atoms with van der Waals surface area (Å²) in [7, 11) is 0. The lowest BCUT2D eigenvalue weighted by Gasteiger charge is -2.26. The molecule has 8 heteroatoms. The highest BCUT2D eigenvalue weighted by Gasteiger charge is 2.20. The van der Waals surface area contributed by atoms with Crippen molar-refractivity contribution in [3.05, 3.63) is 67.1 Å². The van der Waals surface area contributed by atoms with Crippen LogP contribution in [-0.2, 0) is 0 Å². The molecular weight excluding hydrogens is 404 g/mol. The minimum Gasteiger partial charge on any atom is -0.457 e. The zero-order valence-corrected chi connectivity index (χ0v) is 17.5. The quantitative estimate of drug-likeness (QED) is 0.407. The number of anilines is 3. The van der Waals surface area contributed by atoms with Gasteiger partial charge in [0.15, 0.2) is 5.82 Å². The van der Waals surface area contributed by atoms with Crippen molar-refractivity contribution in [2.45, 2.75) is 37.8 Å². The number of nitrogens with zero attached hydrogens (tertiary/aromatic N) is 4. The van der Waals surface area contributed by atoms with Crippen LogP contribution in [-0.4, -0.2) is 37.2 Å². The molecule has 1 aliphatic carbocycles. The Kier molecular flexibility index (Phi) is 5.76. The van der Waals surface area contributed by atoms with E-state index in [4.69, 9.17) is 4.74 Å². The van der Waals surface area contributed by atoms with Gasteiger partial charge in [0.05, 0.1) is 12.3 Å². The summed E-state index contributed by atoms with van der Waals surface area (Å²) in [5.74, 6) is 2.63. The normalized spacial score (nSPS) is 18.3. The lowest BCUT2D eigenvalue weighted by Crippen LogP contribution is -2.28. The highest BCUT2D eigenvalue weighted by Crippen LogP contribution is 2.28. The molecule has 1 aliphatic rings. The highest BCUT2D eigenvalue weighted by molar-refractivity contribution is 5.87. The van der Waals surface area contributed by atoms with E-state index in [1.807, 2.05) is 54.6 Å². The van der Waals surface area contributed by atoms with Gasteiger partial charge >= 0.3 is 0 Å².